The van der Waals surface area contributed by atoms with E-state index in [1.807, 2.05) is 12.1 Å². The Bertz CT molecular complexity index is 1060. The molecule has 6 nitrogen and oxygen atoms in total. The van der Waals surface area contributed by atoms with Crippen molar-refractivity contribution < 1.29 is 22.6 Å². The Balaban J connectivity index is 1.77. The van der Waals surface area contributed by atoms with Crippen LogP contribution in [0.3, 0.4) is 0 Å². The van der Waals surface area contributed by atoms with Gasteiger partial charge in [-0.05, 0) is 24.3 Å². The summed E-state index contributed by atoms with van der Waals surface area (Å²) in [6, 6.07) is 15.3. The number of methoxy groups -OCH3 is 1. The maximum Gasteiger partial charge on any atom is 0.262 e. The standard InChI is InChI=1S/C18H15NO5S/c1-22-15-8-9-18(14-5-3-2-4-13(14)15)25(20,21)19-12-6-7-16-17(10-12)24-11-23-16/h2-10,19H,11H2,1H3. The monoisotopic (exact) mass is 357 g/mol. The van der Waals surface area contributed by atoms with Crippen LogP contribution in [0.25, 0.3) is 10.8 Å². The van der Waals surface area contributed by atoms with Gasteiger partial charge in [-0.25, -0.2) is 8.42 Å². The minimum absolute atomic E-state index is 0.134. The molecule has 0 spiro atoms. The lowest BCUT2D eigenvalue weighted by molar-refractivity contribution is 0.174. The summed E-state index contributed by atoms with van der Waals surface area (Å²) in [7, 11) is -2.23. The van der Waals surface area contributed by atoms with Crippen LogP contribution >= 0.6 is 0 Å². The maximum absolute atomic E-state index is 12.9. The molecular weight excluding hydrogens is 342 g/mol. The van der Waals surface area contributed by atoms with E-state index in [-0.39, 0.29) is 11.7 Å². The second-order valence-corrected chi connectivity index (χ2v) is 7.14. The van der Waals surface area contributed by atoms with Gasteiger partial charge in [0.15, 0.2) is 11.5 Å². The molecule has 0 saturated heterocycles. The van der Waals surface area contributed by atoms with E-state index in [0.29, 0.717) is 28.3 Å². The second kappa shape index (κ2) is 5.86. The third-order valence-electron chi connectivity index (χ3n) is 3.98. The van der Waals surface area contributed by atoms with Crippen LogP contribution < -0.4 is 18.9 Å². The molecule has 3 aromatic carbocycles. The fourth-order valence-electron chi connectivity index (χ4n) is 2.83. The predicted molar refractivity (Wildman–Crippen MR) is 93.9 cm³/mol. The third kappa shape index (κ3) is 2.72. The zero-order chi connectivity index (χ0) is 17.4. The summed E-state index contributed by atoms with van der Waals surface area (Å²) in [4.78, 5) is 0.182. The van der Waals surface area contributed by atoms with Crippen molar-refractivity contribution in [3.05, 3.63) is 54.6 Å². The van der Waals surface area contributed by atoms with Gasteiger partial charge in [-0.3, -0.25) is 4.72 Å². The Morgan fingerprint density at radius 1 is 0.960 bits per heavy atom. The fourth-order valence-corrected chi connectivity index (χ4v) is 4.09. The van der Waals surface area contributed by atoms with Gasteiger partial charge in [-0.1, -0.05) is 24.3 Å². The van der Waals surface area contributed by atoms with Crippen molar-refractivity contribution in [2.45, 2.75) is 4.90 Å². The van der Waals surface area contributed by atoms with E-state index in [2.05, 4.69) is 4.72 Å². The van der Waals surface area contributed by atoms with E-state index >= 15 is 0 Å². The number of sulfonamides is 1. The second-order valence-electron chi connectivity index (χ2n) is 5.49. The van der Waals surface area contributed by atoms with Crippen molar-refractivity contribution in [1.82, 2.24) is 0 Å². The first-order chi connectivity index (χ1) is 12.1. The van der Waals surface area contributed by atoms with Crippen LogP contribution in [0.15, 0.2) is 59.5 Å². The van der Waals surface area contributed by atoms with E-state index in [4.69, 9.17) is 14.2 Å². The highest BCUT2D eigenvalue weighted by atomic mass is 32.2. The average Bonchev–Trinajstić information content (AvgIpc) is 3.08. The molecular formula is C18H15NO5S. The molecule has 4 rings (SSSR count). The number of hydrogen-bond acceptors (Lipinski definition) is 5. The van der Waals surface area contributed by atoms with Crippen LogP contribution in [0, 0.1) is 0 Å². The van der Waals surface area contributed by atoms with Gasteiger partial charge in [0.1, 0.15) is 5.75 Å². The quantitative estimate of drug-likeness (QED) is 0.775. The number of nitrogens with one attached hydrogen (secondary N) is 1. The molecule has 0 aromatic heterocycles. The smallest absolute Gasteiger partial charge is 0.262 e. The highest BCUT2D eigenvalue weighted by molar-refractivity contribution is 7.93. The molecule has 0 aliphatic carbocycles. The lowest BCUT2D eigenvalue weighted by Crippen LogP contribution is -2.13. The zero-order valence-electron chi connectivity index (χ0n) is 13.4. The highest BCUT2D eigenvalue weighted by Gasteiger charge is 2.21. The first-order valence-electron chi connectivity index (χ1n) is 7.57. The number of ether oxygens (including phenoxy) is 3. The van der Waals surface area contributed by atoms with Crippen molar-refractivity contribution in [2.24, 2.45) is 0 Å². The van der Waals surface area contributed by atoms with Crippen molar-refractivity contribution in [3.8, 4) is 17.2 Å². The van der Waals surface area contributed by atoms with Crippen LogP contribution in [0.5, 0.6) is 17.2 Å². The predicted octanol–water partition coefficient (Wildman–Crippen LogP) is 3.38. The Labute approximate surface area is 145 Å². The van der Waals surface area contributed by atoms with Crippen LogP contribution in [0.1, 0.15) is 0 Å². The first-order valence-corrected chi connectivity index (χ1v) is 9.05. The number of anilines is 1. The van der Waals surface area contributed by atoms with E-state index < -0.39 is 10.0 Å². The molecule has 3 aromatic rings. The highest BCUT2D eigenvalue weighted by Crippen LogP contribution is 2.36. The third-order valence-corrected chi connectivity index (χ3v) is 5.42. The van der Waals surface area contributed by atoms with Gasteiger partial charge in [0.25, 0.3) is 10.0 Å². The average molecular weight is 357 g/mol. The minimum Gasteiger partial charge on any atom is -0.496 e. The molecule has 0 atom stereocenters. The fraction of sp³-hybridized carbons (Fsp3) is 0.111. The van der Waals surface area contributed by atoms with Crippen molar-refractivity contribution in [1.29, 1.82) is 0 Å². The summed E-state index contributed by atoms with van der Waals surface area (Å²) in [6.45, 7) is 0.134. The molecule has 1 N–H and O–H groups in total. The van der Waals surface area contributed by atoms with Crippen molar-refractivity contribution >= 4 is 26.5 Å². The van der Waals surface area contributed by atoms with Gasteiger partial charge in [-0.15, -0.1) is 0 Å². The van der Waals surface area contributed by atoms with Crippen LogP contribution in [-0.2, 0) is 10.0 Å². The summed E-state index contributed by atoms with van der Waals surface area (Å²) in [5, 5.41) is 1.33. The van der Waals surface area contributed by atoms with E-state index in [1.165, 1.54) is 6.07 Å². The lowest BCUT2D eigenvalue weighted by Gasteiger charge is -2.13. The van der Waals surface area contributed by atoms with Gasteiger partial charge in [0, 0.05) is 16.8 Å². The Morgan fingerprint density at radius 2 is 1.72 bits per heavy atom. The number of fused-ring (bicyclic) bond motifs is 2. The number of hydrogen-bond donors (Lipinski definition) is 1. The van der Waals surface area contributed by atoms with Crippen LogP contribution in [0.2, 0.25) is 0 Å². The first kappa shape index (κ1) is 15.6. The van der Waals surface area contributed by atoms with Crippen molar-refractivity contribution in [3.63, 3.8) is 0 Å². The lowest BCUT2D eigenvalue weighted by atomic mass is 10.1. The molecule has 0 radical (unpaired) electrons. The van der Waals surface area contributed by atoms with Gasteiger partial charge < -0.3 is 14.2 Å². The summed E-state index contributed by atoms with van der Waals surface area (Å²) in [5.74, 6) is 1.73. The van der Waals surface area contributed by atoms with Crippen LogP contribution in [-0.4, -0.2) is 22.3 Å². The van der Waals surface area contributed by atoms with E-state index in [9.17, 15) is 8.42 Å². The van der Waals surface area contributed by atoms with E-state index in [1.54, 1.807) is 43.5 Å². The number of rotatable bonds is 4. The number of benzene rings is 3. The van der Waals surface area contributed by atoms with Gasteiger partial charge >= 0.3 is 0 Å². The Morgan fingerprint density at radius 3 is 2.52 bits per heavy atom. The van der Waals surface area contributed by atoms with Crippen LogP contribution in [0.4, 0.5) is 5.69 Å². The van der Waals surface area contributed by atoms with Gasteiger partial charge in [0.2, 0.25) is 6.79 Å². The molecule has 1 heterocycles. The summed E-state index contributed by atoms with van der Waals surface area (Å²) in [5.41, 5.74) is 0.407. The van der Waals surface area contributed by atoms with Crippen molar-refractivity contribution in [2.75, 3.05) is 18.6 Å². The summed E-state index contributed by atoms with van der Waals surface area (Å²) < 4.78 is 44.2. The minimum atomic E-state index is -3.78. The molecule has 0 bridgehead atoms. The molecule has 0 saturated carbocycles. The molecule has 128 valence electrons. The Kier molecular flexibility index (Phi) is 3.65. The largest absolute Gasteiger partial charge is 0.496 e. The molecule has 0 amide bonds. The summed E-state index contributed by atoms with van der Waals surface area (Å²) in [6.07, 6.45) is 0. The molecule has 7 heteroatoms. The molecule has 1 aliphatic rings. The normalized spacial score (nSPS) is 13.0. The summed E-state index contributed by atoms with van der Waals surface area (Å²) >= 11 is 0. The molecule has 0 fully saturated rings. The Hall–Kier alpha value is -2.93. The maximum atomic E-state index is 12.9. The molecule has 0 unspecified atom stereocenters. The van der Waals surface area contributed by atoms with Gasteiger partial charge in [0.05, 0.1) is 17.7 Å². The molecule has 1 aliphatic heterocycles. The zero-order valence-corrected chi connectivity index (χ0v) is 14.2. The topological polar surface area (TPSA) is 73.9 Å². The molecule has 25 heavy (non-hydrogen) atoms. The van der Waals surface area contributed by atoms with Gasteiger partial charge in [-0.2, -0.15) is 0 Å². The SMILES string of the molecule is COc1ccc(S(=O)(=O)Nc2ccc3c(c2)OCO3)c2ccccc12. The van der Waals surface area contributed by atoms with E-state index in [0.717, 1.165) is 5.39 Å².